The summed E-state index contributed by atoms with van der Waals surface area (Å²) in [6.07, 6.45) is 0. The van der Waals surface area contributed by atoms with E-state index >= 15 is 0 Å². The maximum Gasteiger partial charge on any atom is 0.0490 e. The Morgan fingerprint density at radius 1 is 0.356 bits per heavy atom. The average Bonchev–Trinajstić information content (AvgIpc) is 3.52. The van der Waals surface area contributed by atoms with E-state index in [1.807, 2.05) is 0 Å². The number of para-hydroxylation sites is 1. The first-order valence-electron chi connectivity index (χ1n) is 20.7. The van der Waals surface area contributed by atoms with Gasteiger partial charge < -0.3 is 4.90 Å². The quantitative estimate of drug-likeness (QED) is 0.153. The van der Waals surface area contributed by atoms with Crippen LogP contribution < -0.4 is 4.90 Å². The van der Waals surface area contributed by atoms with Crippen molar-refractivity contribution in [2.75, 3.05) is 4.90 Å². The molecule has 0 fully saturated rings. The van der Waals surface area contributed by atoms with Gasteiger partial charge in [0.25, 0.3) is 0 Å². The molecule has 10 aromatic carbocycles. The number of fused-ring (bicyclic) bond motifs is 9. The first kappa shape index (κ1) is 35.0. The molecule has 0 aliphatic heterocycles. The van der Waals surface area contributed by atoms with Gasteiger partial charge in [-0.25, -0.2) is 0 Å². The molecule has 1 nitrogen and oxygen atoms in total. The average molecular weight is 754 g/mol. The largest absolute Gasteiger partial charge is 0.310 e. The van der Waals surface area contributed by atoms with E-state index in [9.17, 15) is 0 Å². The van der Waals surface area contributed by atoms with Gasteiger partial charge in [0, 0.05) is 22.5 Å². The molecule has 0 aromatic heterocycles. The van der Waals surface area contributed by atoms with Crippen molar-refractivity contribution < 1.29 is 0 Å². The van der Waals surface area contributed by atoms with Gasteiger partial charge in [0.1, 0.15) is 0 Å². The third-order valence-electron chi connectivity index (χ3n) is 12.8. The minimum atomic E-state index is -0.112. The van der Waals surface area contributed by atoms with Crippen molar-refractivity contribution in [3.63, 3.8) is 0 Å². The fourth-order valence-corrected chi connectivity index (χ4v) is 9.95. The lowest BCUT2D eigenvalue weighted by molar-refractivity contribution is 0.660. The predicted molar refractivity (Wildman–Crippen MR) is 252 cm³/mol. The Bertz CT molecular complexity index is 3230. The van der Waals surface area contributed by atoms with Crippen LogP contribution in [0, 0.1) is 6.92 Å². The predicted octanol–water partition coefficient (Wildman–Crippen LogP) is 16.2. The van der Waals surface area contributed by atoms with E-state index in [1.165, 1.54) is 99.2 Å². The zero-order valence-electron chi connectivity index (χ0n) is 33.6. The molecule has 0 unspecified atom stereocenters. The molecule has 1 aliphatic rings. The first-order valence-corrected chi connectivity index (χ1v) is 20.7. The third-order valence-corrected chi connectivity index (χ3v) is 12.8. The van der Waals surface area contributed by atoms with E-state index in [4.69, 9.17) is 0 Å². The van der Waals surface area contributed by atoms with Gasteiger partial charge in [0.05, 0.1) is 0 Å². The van der Waals surface area contributed by atoms with E-state index in [1.54, 1.807) is 0 Å². The van der Waals surface area contributed by atoms with Crippen molar-refractivity contribution in [1.29, 1.82) is 0 Å². The van der Waals surface area contributed by atoms with Crippen LogP contribution in [0.25, 0.3) is 76.8 Å². The molecule has 0 spiro atoms. The molecule has 0 amide bonds. The van der Waals surface area contributed by atoms with Crippen LogP contribution in [-0.2, 0) is 5.41 Å². The molecule has 10 aromatic rings. The lowest BCUT2D eigenvalue weighted by atomic mass is 9.81. The van der Waals surface area contributed by atoms with Crippen LogP contribution in [0.3, 0.4) is 0 Å². The van der Waals surface area contributed by atoms with Crippen LogP contribution in [0.15, 0.2) is 206 Å². The molecule has 0 saturated carbocycles. The Morgan fingerprint density at radius 2 is 0.898 bits per heavy atom. The minimum Gasteiger partial charge on any atom is -0.310 e. The van der Waals surface area contributed by atoms with Crippen LogP contribution in [0.5, 0.6) is 0 Å². The Kier molecular flexibility index (Phi) is 8.13. The van der Waals surface area contributed by atoms with Crippen LogP contribution in [-0.4, -0.2) is 0 Å². The summed E-state index contributed by atoms with van der Waals surface area (Å²) in [6.45, 7) is 6.96. The molecule has 0 saturated heterocycles. The molecule has 0 bridgehead atoms. The summed E-state index contributed by atoms with van der Waals surface area (Å²) in [4.78, 5) is 2.47. The fourth-order valence-electron chi connectivity index (χ4n) is 9.95. The van der Waals surface area contributed by atoms with Crippen LogP contribution in [0.4, 0.5) is 17.1 Å². The van der Waals surface area contributed by atoms with Crippen molar-refractivity contribution in [3.8, 4) is 44.5 Å². The Labute approximate surface area is 346 Å². The van der Waals surface area contributed by atoms with Crippen LogP contribution >= 0.6 is 0 Å². The lowest BCUT2D eigenvalue weighted by Gasteiger charge is -2.30. The lowest BCUT2D eigenvalue weighted by Crippen LogP contribution is -2.17. The van der Waals surface area contributed by atoms with Crippen LogP contribution in [0.1, 0.15) is 30.5 Å². The highest BCUT2D eigenvalue weighted by Gasteiger charge is 2.36. The molecule has 11 rings (SSSR count). The summed E-state index contributed by atoms with van der Waals surface area (Å²) in [5, 5.41) is 7.53. The second-order valence-electron chi connectivity index (χ2n) is 16.5. The molecule has 0 atom stereocenters. The van der Waals surface area contributed by atoms with E-state index in [2.05, 4.69) is 232 Å². The van der Waals surface area contributed by atoms with Crippen molar-refractivity contribution >= 4 is 49.4 Å². The van der Waals surface area contributed by atoms with Crippen molar-refractivity contribution in [2.24, 2.45) is 0 Å². The first-order chi connectivity index (χ1) is 29.0. The molecular weight excluding hydrogens is 711 g/mol. The molecule has 1 heteroatoms. The number of rotatable bonds is 6. The summed E-state index contributed by atoms with van der Waals surface area (Å²) in [5.41, 5.74) is 17.3. The summed E-state index contributed by atoms with van der Waals surface area (Å²) in [7, 11) is 0. The molecule has 0 heterocycles. The molecule has 59 heavy (non-hydrogen) atoms. The highest BCUT2D eigenvalue weighted by molar-refractivity contribution is 6.33. The van der Waals surface area contributed by atoms with Gasteiger partial charge >= 0.3 is 0 Å². The molecule has 0 radical (unpaired) electrons. The molecule has 0 N–H and O–H groups in total. The third kappa shape index (κ3) is 5.53. The van der Waals surface area contributed by atoms with Gasteiger partial charge in [-0.3, -0.25) is 0 Å². The number of hydrogen-bond donors (Lipinski definition) is 0. The normalized spacial score (nSPS) is 12.8. The number of anilines is 3. The number of nitrogens with zero attached hydrogens (tertiary/aromatic N) is 1. The molecule has 280 valence electrons. The maximum atomic E-state index is 2.47. The highest BCUT2D eigenvalue weighted by Crippen LogP contribution is 2.53. The maximum absolute atomic E-state index is 2.47. The van der Waals surface area contributed by atoms with Crippen molar-refractivity contribution in [2.45, 2.75) is 26.2 Å². The summed E-state index contributed by atoms with van der Waals surface area (Å²) < 4.78 is 0. The van der Waals surface area contributed by atoms with Gasteiger partial charge in [-0.05, 0) is 137 Å². The smallest absolute Gasteiger partial charge is 0.0490 e. The van der Waals surface area contributed by atoms with Gasteiger partial charge in [-0.1, -0.05) is 184 Å². The number of benzene rings is 10. The SMILES string of the molecule is Cc1ccccc1N(c1ccc2c(c1)C(C)(C)c1ccccc1-2)c1ccc2c(c1)c1ccccc1c1c(-c3ccccc3)cc(-c3ccccc3)c(-c3ccccc3)c21. The van der Waals surface area contributed by atoms with Gasteiger partial charge in [0.15, 0.2) is 0 Å². The summed E-state index contributed by atoms with van der Waals surface area (Å²) in [6, 6.07) is 76.3. The second-order valence-corrected chi connectivity index (χ2v) is 16.5. The van der Waals surface area contributed by atoms with E-state index in [0.29, 0.717) is 0 Å². The fraction of sp³-hybridized carbons (Fsp3) is 0.0690. The van der Waals surface area contributed by atoms with Gasteiger partial charge in [0.2, 0.25) is 0 Å². The Balaban J connectivity index is 1.25. The van der Waals surface area contributed by atoms with Gasteiger partial charge in [-0.15, -0.1) is 0 Å². The number of hydrogen-bond acceptors (Lipinski definition) is 1. The van der Waals surface area contributed by atoms with E-state index in [-0.39, 0.29) is 5.41 Å². The monoisotopic (exact) mass is 753 g/mol. The highest BCUT2D eigenvalue weighted by atomic mass is 15.1. The zero-order valence-corrected chi connectivity index (χ0v) is 33.6. The molecular formula is C58H43N. The minimum absolute atomic E-state index is 0.112. The summed E-state index contributed by atoms with van der Waals surface area (Å²) in [5.74, 6) is 0. The van der Waals surface area contributed by atoms with Crippen LogP contribution in [0.2, 0.25) is 0 Å². The number of aryl methyl sites for hydroxylation is 1. The Hall–Kier alpha value is -7.22. The second kappa shape index (κ2) is 13.7. The topological polar surface area (TPSA) is 3.24 Å². The van der Waals surface area contributed by atoms with E-state index in [0.717, 1.165) is 11.4 Å². The van der Waals surface area contributed by atoms with Crippen molar-refractivity contribution in [1.82, 2.24) is 0 Å². The summed E-state index contributed by atoms with van der Waals surface area (Å²) >= 11 is 0. The zero-order chi connectivity index (χ0) is 39.7. The molecule has 1 aliphatic carbocycles. The standard InChI is InChI=1S/C58H43N/c1-38-19-13-18-30-54(38)59(43-31-33-46-45-27-16-17-29-52(45)58(2,3)53(46)36-43)42-32-34-48-51(35-42)44-26-14-15-28-47(44)56-50(40-22-9-5-10-23-40)37-49(39-20-7-4-8-21-39)55(57(48)56)41-24-11-6-12-25-41/h4-37H,1-3H3. The van der Waals surface area contributed by atoms with E-state index < -0.39 is 0 Å². The van der Waals surface area contributed by atoms with Crippen molar-refractivity contribution in [3.05, 3.63) is 223 Å². The Morgan fingerprint density at radius 3 is 1.63 bits per heavy atom. The van der Waals surface area contributed by atoms with Gasteiger partial charge in [-0.2, -0.15) is 0 Å².